The molecular weight excluding hydrogens is 550 g/mol. The van der Waals surface area contributed by atoms with E-state index in [-0.39, 0.29) is 28.3 Å². The number of nitrogens with zero attached hydrogens (tertiary/aromatic N) is 2. The summed E-state index contributed by atoms with van der Waals surface area (Å²) in [7, 11) is 9.87. The number of nitro groups is 1. The number of benzene rings is 1. The van der Waals surface area contributed by atoms with Gasteiger partial charge in [-0.15, -0.1) is 0 Å². The Kier molecular flexibility index (Phi) is 15.0. The van der Waals surface area contributed by atoms with E-state index in [2.05, 4.69) is 6.92 Å². The van der Waals surface area contributed by atoms with Crippen molar-refractivity contribution in [1.82, 2.24) is 0 Å². The fourth-order valence-corrected chi connectivity index (χ4v) is 5.23. The van der Waals surface area contributed by atoms with Gasteiger partial charge in [0.1, 0.15) is 5.75 Å². The van der Waals surface area contributed by atoms with Crippen molar-refractivity contribution in [3.05, 3.63) is 33.4 Å². The Bertz CT molecular complexity index is 759. The Labute approximate surface area is 223 Å². The summed E-state index contributed by atoms with van der Waals surface area (Å²) in [4.78, 5) is 16.0. The molecule has 0 aliphatic heterocycles. The Morgan fingerprint density at radius 2 is 1.44 bits per heavy atom. The number of aliphatic imine (C=N–C) groups is 1. The van der Waals surface area contributed by atoms with E-state index < -0.39 is 20.8 Å². The number of aromatic hydroxyl groups is 1. The molecule has 1 aromatic rings. The molecule has 2 aliphatic carbocycles. The first-order valence-electron chi connectivity index (χ1n) is 13.0. The SMILES string of the molecule is CC1CCC(N=Cc2cc([N+](=O)[O-])cc(C3CCCCCCCCCCC3)c2O)CC1.[Cl][Zr][Cl]. The van der Waals surface area contributed by atoms with Crippen LogP contribution in [0.15, 0.2) is 17.1 Å². The average molecular weight is 591 g/mol. The molecule has 5 nitrogen and oxygen atoms in total. The monoisotopic (exact) mass is 588 g/mol. The first-order valence-corrected chi connectivity index (χ1v) is 19.3. The van der Waals surface area contributed by atoms with Gasteiger partial charge in [0.05, 0.1) is 4.92 Å². The Balaban J connectivity index is 0.00000129. The maximum atomic E-state index is 11.6. The van der Waals surface area contributed by atoms with Gasteiger partial charge in [-0.3, -0.25) is 15.1 Å². The van der Waals surface area contributed by atoms with E-state index in [1.807, 2.05) is 0 Å². The van der Waals surface area contributed by atoms with Gasteiger partial charge in [-0.25, -0.2) is 0 Å². The van der Waals surface area contributed by atoms with Crippen molar-refractivity contribution < 1.29 is 30.9 Å². The number of hydrogen-bond donors (Lipinski definition) is 1. The molecule has 0 aromatic heterocycles. The van der Waals surface area contributed by atoms with Crippen LogP contribution in [0.3, 0.4) is 0 Å². The minimum atomic E-state index is -0.826. The molecule has 2 aliphatic rings. The molecule has 0 heterocycles. The fourth-order valence-electron chi connectivity index (χ4n) is 5.23. The summed E-state index contributed by atoms with van der Waals surface area (Å²) < 4.78 is 0. The van der Waals surface area contributed by atoms with E-state index in [9.17, 15) is 15.2 Å². The second-order valence-corrected chi connectivity index (χ2v) is 13.7. The summed E-state index contributed by atoms with van der Waals surface area (Å²) in [6.45, 7) is 2.28. The Morgan fingerprint density at radius 3 is 1.94 bits per heavy atom. The van der Waals surface area contributed by atoms with Crippen molar-refractivity contribution in [1.29, 1.82) is 0 Å². The Morgan fingerprint density at radius 1 is 0.941 bits per heavy atom. The molecule has 2 fully saturated rings. The molecule has 1 N–H and O–H groups in total. The molecule has 0 unspecified atom stereocenters. The van der Waals surface area contributed by atoms with Gasteiger partial charge in [-0.1, -0.05) is 64.7 Å². The normalized spacial score (nSPS) is 23.3. The third kappa shape index (κ3) is 10.7. The van der Waals surface area contributed by atoms with Gasteiger partial charge in [0, 0.05) is 35.5 Å². The van der Waals surface area contributed by atoms with Gasteiger partial charge in [-0.05, 0) is 50.4 Å². The average Bonchev–Trinajstić information content (AvgIpc) is 2.80. The van der Waals surface area contributed by atoms with Crippen LogP contribution in [0.5, 0.6) is 5.75 Å². The summed E-state index contributed by atoms with van der Waals surface area (Å²) in [6.07, 6.45) is 19.3. The molecule has 0 radical (unpaired) electrons. The summed E-state index contributed by atoms with van der Waals surface area (Å²) in [6, 6.07) is 3.37. The number of phenols is 1. The molecule has 190 valence electrons. The summed E-state index contributed by atoms with van der Waals surface area (Å²) in [5.41, 5.74) is 1.33. The zero-order valence-electron chi connectivity index (χ0n) is 20.5. The van der Waals surface area contributed by atoms with Gasteiger partial charge in [0.25, 0.3) is 5.69 Å². The van der Waals surface area contributed by atoms with E-state index in [1.165, 1.54) is 63.9 Å². The number of phenolic OH excluding ortho intramolecular Hbond substituents is 1. The predicted octanol–water partition coefficient (Wildman–Crippen LogP) is 9.06. The molecule has 0 spiro atoms. The topological polar surface area (TPSA) is 75.7 Å². The van der Waals surface area contributed by atoms with E-state index in [4.69, 9.17) is 22.0 Å². The van der Waals surface area contributed by atoms with Gasteiger partial charge in [-0.2, -0.15) is 0 Å². The van der Waals surface area contributed by atoms with Gasteiger partial charge >= 0.3 is 37.9 Å². The molecule has 0 saturated heterocycles. The molecule has 34 heavy (non-hydrogen) atoms. The number of hydrogen-bond acceptors (Lipinski definition) is 4. The van der Waals surface area contributed by atoms with Crippen LogP contribution in [0.4, 0.5) is 5.69 Å². The first-order chi connectivity index (χ1) is 16.5. The van der Waals surface area contributed by atoms with E-state index in [0.29, 0.717) is 5.56 Å². The van der Waals surface area contributed by atoms with Crippen LogP contribution >= 0.6 is 17.0 Å². The van der Waals surface area contributed by atoms with Crippen molar-refractivity contribution >= 4 is 28.9 Å². The van der Waals surface area contributed by atoms with Gasteiger partial charge < -0.3 is 5.11 Å². The minimum absolute atomic E-state index is 0.0673. The number of halogens is 2. The second kappa shape index (κ2) is 17.1. The number of nitro benzene ring substituents is 1. The maximum absolute atomic E-state index is 11.6. The summed E-state index contributed by atoms with van der Waals surface area (Å²) >= 11 is -0.826. The molecule has 0 bridgehead atoms. The second-order valence-electron chi connectivity index (χ2n) is 9.95. The van der Waals surface area contributed by atoms with E-state index in [0.717, 1.165) is 50.0 Å². The van der Waals surface area contributed by atoms with E-state index >= 15 is 0 Å². The summed E-state index contributed by atoms with van der Waals surface area (Å²) in [5.74, 6) is 1.14. The van der Waals surface area contributed by atoms with Crippen molar-refractivity contribution in [3.63, 3.8) is 0 Å². The van der Waals surface area contributed by atoms with Crippen molar-refractivity contribution in [2.24, 2.45) is 10.9 Å². The quantitative estimate of drug-likeness (QED) is 0.216. The third-order valence-electron chi connectivity index (χ3n) is 7.32. The molecule has 8 heteroatoms. The predicted molar refractivity (Wildman–Crippen MR) is 139 cm³/mol. The van der Waals surface area contributed by atoms with Gasteiger partial charge in [0.2, 0.25) is 0 Å². The third-order valence-corrected chi connectivity index (χ3v) is 7.32. The van der Waals surface area contributed by atoms with Gasteiger partial charge in [0.15, 0.2) is 0 Å². The first kappa shape index (κ1) is 29.8. The van der Waals surface area contributed by atoms with Crippen LogP contribution < -0.4 is 0 Å². The van der Waals surface area contributed by atoms with Crippen LogP contribution in [-0.4, -0.2) is 22.3 Å². The van der Waals surface area contributed by atoms with E-state index in [1.54, 1.807) is 12.3 Å². The summed E-state index contributed by atoms with van der Waals surface area (Å²) in [5, 5.41) is 22.7. The van der Waals surface area contributed by atoms with Crippen LogP contribution in [0.2, 0.25) is 0 Å². The molecule has 0 amide bonds. The Hall–Kier alpha value is -0.447. The zero-order chi connectivity index (χ0) is 24.8. The molecular formula is C26H40Cl2N2O3Zr. The molecule has 1 aromatic carbocycles. The van der Waals surface area contributed by atoms with Crippen LogP contribution in [0.1, 0.15) is 120 Å². The molecule has 3 rings (SSSR count). The van der Waals surface area contributed by atoms with Crippen molar-refractivity contribution in [3.8, 4) is 5.75 Å². The standard InChI is InChI=1S/C26H40N2O3.2ClH.Zr/c1-20-13-15-23(16-14-20)27-19-22-17-24(28(30)31)18-25(26(22)29)21-11-9-7-5-3-2-4-6-8-10-12-21;;;/h17-21,23,29H,2-16H2,1H3;2*1H;/q;;;+2/p-2. The number of rotatable bonds is 4. The van der Waals surface area contributed by atoms with Crippen LogP contribution in [0.25, 0.3) is 0 Å². The zero-order valence-corrected chi connectivity index (χ0v) is 24.5. The van der Waals surface area contributed by atoms with Crippen molar-refractivity contribution in [2.75, 3.05) is 0 Å². The van der Waals surface area contributed by atoms with Crippen molar-refractivity contribution in [2.45, 2.75) is 115 Å². The molecule has 2 saturated carbocycles. The van der Waals surface area contributed by atoms with Crippen LogP contribution in [-0.2, 0) is 20.8 Å². The molecule has 0 atom stereocenters. The number of non-ortho nitro benzene ring substituents is 1. The van der Waals surface area contributed by atoms with Crippen LogP contribution in [0, 0.1) is 16.0 Å². The fraction of sp³-hybridized carbons (Fsp3) is 0.731.